The molecule has 0 atom stereocenters. The fourth-order valence-corrected chi connectivity index (χ4v) is 3.90. The van der Waals surface area contributed by atoms with E-state index in [0.29, 0.717) is 12.1 Å². The Morgan fingerprint density at radius 1 is 1.47 bits per heavy atom. The number of benzene rings is 1. The number of carbonyl (C=O) groups excluding carboxylic acids is 1. The number of hydrogen-bond acceptors (Lipinski definition) is 3. The third-order valence-electron chi connectivity index (χ3n) is 3.72. The van der Waals surface area contributed by atoms with Crippen LogP contribution in [0.1, 0.15) is 36.0 Å². The van der Waals surface area contributed by atoms with E-state index in [4.69, 9.17) is 0 Å². The quantitative estimate of drug-likeness (QED) is 0.774. The van der Waals surface area contributed by atoms with Gasteiger partial charge in [0.25, 0.3) is 5.91 Å². The van der Waals surface area contributed by atoms with Gasteiger partial charge in [0.1, 0.15) is 5.75 Å². The van der Waals surface area contributed by atoms with Crippen LogP contribution in [0, 0.1) is 3.57 Å². The van der Waals surface area contributed by atoms with Gasteiger partial charge in [-0.25, -0.2) is 0 Å². The molecule has 0 saturated heterocycles. The van der Waals surface area contributed by atoms with Crippen LogP contribution in [0.2, 0.25) is 0 Å². The minimum absolute atomic E-state index is 0.0440. The van der Waals surface area contributed by atoms with Crippen molar-refractivity contribution < 1.29 is 9.90 Å². The lowest BCUT2D eigenvalue weighted by atomic mass is 10.1. The minimum Gasteiger partial charge on any atom is -0.507 e. The summed E-state index contributed by atoms with van der Waals surface area (Å²) in [6.45, 7) is 0.678. The van der Waals surface area contributed by atoms with Crippen molar-refractivity contribution in [1.29, 1.82) is 0 Å². The largest absolute Gasteiger partial charge is 0.507 e. The van der Waals surface area contributed by atoms with E-state index in [1.165, 1.54) is 12.8 Å². The van der Waals surface area contributed by atoms with Gasteiger partial charge < -0.3 is 10.4 Å². The topological polar surface area (TPSA) is 49.3 Å². The lowest BCUT2D eigenvalue weighted by Gasteiger charge is -2.27. The predicted molar refractivity (Wildman–Crippen MR) is 87.9 cm³/mol. The average Bonchev–Trinajstić information content (AvgIpc) is 2.88. The molecule has 104 valence electrons. The van der Waals surface area contributed by atoms with Crippen LogP contribution in [0.3, 0.4) is 0 Å². The van der Waals surface area contributed by atoms with Gasteiger partial charge in [0.15, 0.2) is 0 Å². The van der Waals surface area contributed by atoms with Crippen molar-refractivity contribution >= 4 is 40.3 Å². The summed E-state index contributed by atoms with van der Waals surface area (Å²) in [5, 5.41) is 12.7. The summed E-state index contributed by atoms with van der Waals surface area (Å²) >= 11 is 3.98. The zero-order chi connectivity index (χ0) is 13.9. The smallest absolute Gasteiger partial charge is 0.255 e. The van der Waals surface area contributed by atoms with Crippen molar-refractivity contribution in [3.8, 4) is 5.75 Å². The van der Waals surface area contributed by atoms with Gasteiger partial charge in [-0.3, -0.25) is 4.79 Å². The lowest BCUT2D eigenvalue weighted by molar-refractivity contribution is 0.0947. The van der Waals surface area contributed by atoms with Crippen LogP contribution in [0.5, 0.6) is 5.75 Å². The van der Waals surface area contributed by atoms with Gasteiger partial charge in [-0.1, -0.05) is 12.8 Å². The fraction of sp³-hybridized carbons (Fsp3) is 0.500. The molecule has 1 aliphatic rings. The molecule has 0 unspecified atom stereocenters. The number of thioether (sulfide) groups is 1. The summed E-state index contributed by atoms with van der Waals surface area (Å²) in [4.78, 5) is 12.1. The molecular formula is C14H18INO2S. The zero-order valence-electron chi connectivity index (χ0n) is 10.9. The molecule has 0 spiro atoms. The molecule has 3 nitrogen and oxygen atoms in total. The van der Waals surface area contributed by atoms with Crippen LogP contribution in [-0.2, 0) is 0 Å². The lowest BCUT2D eigenvalue weighted by Crippen LogP contribution is -2.38. The summed E-state index contributed by atoms with van der Waals surface area (Å²) in [5.41, 5.74) is 0.362. The molecular weight excluding hydrogens is 373 g/mol. The zero-order valence-corrected chi connectivity index (χ0v) is 13.9. The van der Waals surface area contributed by atoms with E-state index >= 15 is 0 Å². The number of phenolic OH excluding ortho intramolecular Hbond substituents is 1. The molecule has 1 saturated carbocycles. The van der Waals surface area contributed by atoms with Crippen LogP contribution in [-0.4, -0.2) is 28.6 Å². The number of carbonyl (C=O) groups is 1. The number of nitrogens with one attached hydrogen (secondary N) is 1. The van der Waals surface area contributed by atoms with Crippen molar-refractivity contribution in [1.82, 2.24) is 5.32 Å². The molecule has 0 radical (unpaired) electrons. The summed E-state index contributed by atoms with van der Waals surface area (Å²) in [6.07, 6.45) is 6.91. The summed E-state index contributed by atoms with van der Waals surface area (Å²) in [5.74, 6) is -0.140. The Morgan fingerprint density at radius 3 is 2.79 bits per heavy atom. The van der Waals surface area contributed by atoms with Gasteiger partial charge in [0.2, 0.25) is 0 Å². The van der Waals surface area contributed by atoms with Gasteiger partial charge in [-0.15, -0.1) is 0 Å². The van der Waals surface area contributed by atoms with Crippen LogP contribution in [0.15, 0.2) is 18.2 Å². The highest BCUT2D eigenvalue weighted by atomic mass is 127. The van der Waals surface area contributed by atoms with Crippen LogP contribution < -0.4 is 5.32 Å². The molecule has 0 bridgehead atoms. The third kappa shape index (κ3) is 3.56. The summed E-state index contributed by atoms with van der Waals surface area (Å²) < 4.78 is 1.13. The SMILES string of the molecule is CSC1(CNC(=O)c2cc(I)ccc2O)CCCC1. The second-order valence-corrected chi connectivity index (χ2v) is 7.46. The maximum Gasteiger partial charge on any atom is 0.255 e. The molecule has 0 aromatic heterocycles. The molecule has 1 aromatic rings. The molecule has 1 aliphatic carbocycles. The van der Waals surface area contributed by atoms with Crippen molar-refractivity contribution in [3.05, 3.63) is 27.3 Å². The molecule has 1 aromatic carbocycles. The first-order valence-electron chi connectivity index (χ1n) is 6.38. The number of rotatable bonds is 4. The number of halogens is 1. The van der Waals surface area contributed by atoms with Crippen molar-refractivity contribution in [2.24, 2.45) is 0 Å². The van der Waals surface area contributed by atoms with E-state index in [9.17, 15) is 9.90 Å². The number of hydrogen-bond donors (Lipinski definition) is 2. The van der Waals surface area contributed by atoms with Crippen molar-refractivity contribution in [2.45, 2.75) is 30.4 Å². The minimum atomic E-state index is -0.184. The Balaban J connectivity index is 2.03. The molecule has 1 amide bonds. The normalized spacial score (nSPS) is 17.4. The Bertz CT molecular complexity index is 473. The Kier molecular flexibility index (Phi) is 5.00. The van der Waals surface area contributed by atoms with Gasteiger partial charge in [0, 0.05) is 14.9 Å². The van der Waals surface area contributed by atoms with Gasteiger partial charge >= 0.3 is 0 Å². The molecule has 19 heavy (non-hydrogen) atoms. The second-order valence-electron chi connectivity index (χ2n) is 4.94. The Morgan fingerprint density at radius 2 is 2.16 bits per heavy atom. The van der Waals surface area contributed by atoms with Gasteiger partial charge in [-0.2, -0.15) is 11.8 Å². The maximum atomic E-state index is 12.1. The van der Waals surface area contributed by atoms with E-state index in [0.717, 1.165) is 16.4 Å². The van der Waals surface area contributed by atoms with Crippen molar-refractivity contribution in [2.75, 3.05) is 12.8 Å². The van der Waals surface area contributed by atoms with E-state index in [1.807, 2.05) is 11.8 Å². The van der Waals surface area contributed by atoms with Gasteiger partial charge in [-0.05, 0) is 59.9 Å². The average molecular weight is 391 g/mol. The van der Waals surface area contributed by atoms with Crippen LogP contribution in [0.4, 0.5) is 0 Å². The third-order valence-corrected chi connectivity index (χ3v) is 5.81. The first kappa shape index (κ1) is 15.0. The highest BCUT2D eigenvalue weighted by Gasteiger charge is 2.33. The highest BCUT2D eigenvalue weighted by Crippen LogP contribution is 2.39. The predicted octanol–water partition coefficient (Wildman–Crippen LogP) is 3.40. The first-order valence-corrected chi connectivity index (χ1v) is 8.68. The molecule has 0 aliphatic heterocycles. The maximum absolute atomic E-state index is 12.1. The summed E-state index contributed by atoms with van der Waals surface area (Å²) in [6, 6.07) is 5.06. The fourth-order valence-electron chi connectivity index (χ4n) is 2.50. The van der Waals surface area contributed by atoms with Crippen molar-refractivity contribution in [3.63, 3.8) is 0 Å². The van der Waals surface area contributed by atoms with Crippen LogP contribution >= 0.6 is 34.4 Å². The van der Waals surface area contributed by atoms with Crippen LogP contribution in [0.25, 0.3) is 0 Å². The molecule has 5 heteroatoms. The standard InChI is InChI=1S/C14H18INO2S/c1-19-14(6-2-3-7-14)9-16-13(18)11-8-10(15)4-5-12(11)17/h4-5,8,17H,2-3,6-7,9H2,1H3,(H,16,18). The highest BCUT2D eigenvalue weighted by molar-refractivity contribution is 14.1. The molecule has 2 rings (SSSR count). The molecule has 2 N–H and O–H groups in total. The van der Waals surface area contributed by atoms with E-state index < -0.39 is 0 Å². The number of amides is 1. The number of aromatic hydroxyl groups is 1. The number of phenols is 1. The molecule has 0 heterocycles. The molecule has 1 fully saturated rings. The summed E-state index contributed by atoms with van der Waals surface area (Å²) in [7, 11) is 0. The van der Waals surface area contributed by atoms with E-state index in [2.05, 4.69) is 34.2 Å². The monoisotopic (exact) mass is 391 g/mol. The van der Waals surface area contributed by atoms with Gasteiger partial charge in [0.05, 0.1) is 5.56 Å². The first-order chi connectivity index (χ1) is 9.06. The second kappa shape index (κ2) is 6.35. The van der Waals surface area contributed by atoms with E-state index in [1.54, 1.807) is 18.2 Å². The Labute approximate surface area is 131 Å². The van der Waals surface area contributed by atoms with E-state index in [-0.39, 0.29) is 16.4 Å². The Hall–Kier alpha value is -0.430.